The van der Waals surface area contributed by atoms with Crippen LogP contribution in [0.1, 0.15) is 123 Å². The molecule has 14 nitrogen and oxygen atoms in total. The fourth-order valence-corrected chi connectivity index (χ4v) is 6.15. The lowest BCUT2D eigenvalue weighted by Gasteiger charge is -2.20. The van der Waals surface area contributed by atoms with Crippen molar-refractivity contribution in [2.24, 2.45) is 0 Å². The molecule has 0 bridgehead atoms. The topological polar surface area (TPSA) is 216 Å². The number of rotatable bonds is 39. The van der Waals surface area contributed by atoms with Crippen LogP contribution in [0.15, 0.2) is 109 Å². The minimum atomic E-state index is -4.88. The molecule has 0 aromatic carbocycles. The summed E-state index contributed by atoms with van der Waals surface area (Å²) in [6, 6.07) is 0. The second kappa shape index (κ2) is 40.5. The molecule has 0 radical (unpaired) electrons. The molecule has 0 aliphatic carbocycles. The SMILES string of the molecule is CC/C=C\C/C=C\C/C=C\C/C=C\C/C=C\C/C=C\CCC(=O)OC[C@H](COP(=O)(O)OC[C@@H](O)COP(=O)(O)O)OC(=O)CCCCCCC/C=C/C=C/C(O)C/C=C/CC. The Balaban J connectivity index is 4.72. The molecule has 0 saturated carbocycles. The van der Waals surface area contributed by atoms with Gasteiger partial charge in [-0.1, -0.05) is 142 Å². The highest BCUT2D eigenvalue weighted by atomic mass is 31.2. The lowest BCUT2D eigenvalue weighted by atomic mass is 10.1. The first-order chi connectivity index (χ1) is 29.8. The van der Waals surface area contributed by atoms with E-state index in [-0.39, 0.29) is 12.8 Å². The molecule has 0 aliphatic heterocycles. The van der Waals surface area contributed by atoms with Crippen LogP contribution in [0.25, 0.3) is 0 Å². The van der Waals surface area contributed by atoms with E-state index in [4.69, 9.17) is 23.8 Å². The third-order valence-electron chi connectivity index (χ3n) is 8.24. The molecule has 0 spiro atoms. The number of phosphoric acid groups is 2. The molecule has 62 heavy (non-hydrogen) atoms. The molecule has 5 N–H and O–H groups in total. The van der Waals surface area contributed by atoms with Gasteiger partial charge in [-0.05, 0) is 77.0 Å². The van der Waals surface area contributed by atoms with Crippen molar-refractivity contribution >= 4 is 27.6 Å². The number of esters is 2. The van der Waals surface area contributed by atoms with Gasteiger partial charge in [-0.3, -0.25) is 23.2 Å². The lowest BCUT2D eigenvalue weighted by molar-refractivity contribution is -0.161. The molecule has 0 aromatic rings. The van der Waals surface area contributed by atoms with Crippen LogP contribution in [-0.2, 0) is 41.8 Å². The summed E-state index contributed by atoms with van der Waals surface area (Å²) >= 11 is 0. The Morgan fingerprint density at radius 2 is 1.05 bits per heavy atom. The molecule has 2 unspecified atom stereocenters. The van der Waals surface area contributed by atoms with Crippen LogP contribution in [0.2, 0.25) is 0 Å². The maximum Gasteiger partial charge on any atom is 0.472 e. The number of aliphatic hydroxyl groups excluding tert-OH is 2. The molecule has 16 heteroatoms. The van der Waals surface area contributed by atoms with Gasteiger partial charge in [0.1, 0.15) is 12.7 Å². The van der Waals surface area contributed by atoms with Crippen LogP contribution in [0.5, 0.6) is 0 Å². The average molecular weight is 913 g/mol. The highest BCUT2D eigenvalue weighted by Crippen LogP contribution is 2.43. The van der Waals surface area contributed by atoms with Crippen LogP contribution in [0, 0.1) is 0 Å². The van der Waals surface area contributed by atoms with Crippen molar-refractivity contribution in [2.75, 3.05) is 26.4 Å². The Bertz CT molecular complexity index is 1520. The Hall–Kier alpha value is -3.26. The van der Waals surface area contributed by atoms with E-state index in [9.17, 15) is 33.8 Å². The average Bonchev–Trinajstić information content (AvgIpc) is 3.23. The van der Waals surface area contributed by atoms with Crippen LogP contribution in [0.4, 0.5) is 0 Å². The third kappa shape index (κ3) is 43.4. The van der Waals surface area contributed by atoms with Gasteiger partial charge in [-0.15, -0.1) is 0 Å². The van der Waals surface area contributed by atoms with E-state index < -0.39 is 72.3 Å². The molecule has 4 atom stereocenters. The van der Waals surface area contributed by atoms with E-state index in [0.29, 0.717) is 25.7 Å². The summed E-state index contributed by atoms with van der Waals surface area (Å²) in [6.45, 7) is 1.28. The fraction of sp³-hybridized carbons (Fsp3) is 0.565. The standard InChI is InChI=1S/C46H74O14P2/c1-3-5-7-8-9-10-11-12-13-14-15-16-17-18-19-22-25-28-32-36-45(49)56-40-44(41-59-62(54,55)58-39-43(48)38-57-61(51,52)53)60-46(50)37-33-29-26-23-20-21-24-27-31-35-42(47)34-30-6-4-2/h5-7,9-10,12-13,15-16,18-19,24-25,27-28,30-31,35,42-44,47-48H,3-4,8,11,14,17,20-23,26,29,32-34,36-41H2,1-2H3,(H,54,55)(H2,51,52,53)/b7-5-,10-9-,13-12-,16-15-,19-18-,27-24+,28-25-,30-6+,35-31+/t42?,43-,44+/m0/s1. The number of carbonyl (C=O) groups excluding carboxylic acids is 2. The molecule has 0 amide bonds. The molecular weight excluding hydrogens is 838 g/mol. The molecule has 0 aliphatic rings. The summed E-state index contributed by atoms with van der Waals surface area (Å²) in [5.74, 6) is -1.20. The van der Waals surface area contributed by atoms with E-state index in [0.717, 1.165) is 70.6 Å². The van der Waals surface area contributed by atoms with Crippen molar-refractivity contribution in [1.29, 1.82) is 0 Å². The second-order valence-electron chi connectivity index (χ2n) is 14.1. The number of ether oxygens (including phenoxy) is 2. The van der Waals surface area contributed by atoms with E-state index in [1.54, 1.807) is 6.08 Å². The number of carbonyl (C=O) groups is 2. The maximum atomic E-state index is 12.7. The minimum absolute atomic E-state index is 0.0480. The zero-order valence-corrected chi connectivity index (χ0v) is 38.6. The van der Waals surface area contributed by atoms with Gasteiger partial charge in [0, 0.05) is 12.8 Å². The summed E-state index contributed by atoms with van der Waals surface area (Å²) in [5, 5.41) is 19.6. The smallest absolute Gasteiger partial charge is 0.462 e. The first kappa shape index (κ1) is 58.7. The van der Waals surface area contributed by atoms with E-state index in [2.05, 4.69) is 70.7 Å². The van der Waals surface area contributed by atoms with Gasteiger partial charge in [0.05, 0.1) is 25.9 Å². The van der Waals surface area contributed by atoms with Crippen molar-refractivity contribution in [1.82, 2.24) is 0 Å². The van der Waals surface area contributed by atoms with Gasteiger partial charge in [0.15, 0.2) is 6.10 Å². The Morgan fingerprint density at radius 3 is 1.65 bits per heavy atom. The van der Waals surface area contributed by atoms with Crippen LogP contribution in [0.3, 0.4) is 0 Å². The second-order valence-corrected chi connectivity index (χ2v) is 16.7. The molecule has 0 rings (SSSR count). The number of phosphoric ester groups is 2. The molecule has 0 saturated heterocycles. The summed E-state index contributed by atoms with van der Waals surface area (Å²) in [5.41, 5.74) is 0. The van der Waals surface area contributed by atoms with Gasteiger partial charge in [0.2, 0.25) is 0 Å². The first-order valence-corrected chi connectivity index (χ1v) is 24.7. The molecule has 0 fully saturated rings. The molecule has 0 heterocycles. The highest BCUT2D eigenvalue weighted by Gasteiger charge is 2.28. The van der Waals surface area contributed by atoms with Crippen molar-refractivity contribution in [3.05, 3.63) is 109 Å². The van der Waals surface area contributed by atoms with Gasteiger partial charge < -0.3 is 34.4 Å². The molecular formula is C46H74O14P2. The third-order valence-corrected chi connectivity index (χ3v) is 9.68. The normalized spacial score (nSPS) is 15.5. The fourth-order valence-electron chi connectivity index (χ4n) is 5.00. The summed E-state index contributed by atoms with van der Waals surface area (Å²) in [6.07, 6.45) is 45.7. The zero-order chi connectivity index (χ0) is 46.0. The largest absolute Gasteiger partial charge is 0.472 e. The minimum Gasteiger partial charge on any atom is -0.462 e. The lowest BCUT2D eigenvalue weighted by Crippen LogP contribution is -2.29. The van der Waals surface area contributed by atoms with E-state index in [1.165, 1.54) is 0 Å². The number of allylic oxidation sites excluding steroid dienone is 16. The van der Waals surface area contributed by atoms with Crippen LogP contribution in [-0.4, -0.2) is 81.6 Å². The van der Waals surface area contributed by atoms with Crippen LogP contribution >= 0.6 is 15.6 Å². The van der Waals surface area contributed by atoms with Gasteiger partial charge in [-0.25, -0.2) is 9.13 Å². The van der Waals surface area contributed by atoms with Crippen molar-refractivity contribution in [3.8, 4) is 0 Å². The Kier molecular flexibility index (Phi) is 38.4. The summed E-state index contributed by atoms with van der Waals surface area (Å²) in [4.78, 5) is 52.7. The molecule has 352 valence electrons. The van der Waals surface area contributed by atoms with Crippen LogP contribution < -0.4 is 0 Å². The van der Waals surface area contributed by atoms with Gasteiger partial charge in [-0.2, -0.15) is 0 Å². The summed E-state index contributed by atoms with van der Waals surface area (Å²) in [7, 11) is -9.73. The maximum absolute atomic E-state index is 12.7. The predicted molar refractivity (Wildman–Crippen MR) is 245 cm³/mol. The van der Waals surface area contributed by atoms with Crippen molar-refractivity contribution in [2.45, 2.75) is 141 Å². The predicted octanol–water partition coefficient (Wildman–Crippen LogP) is 10.1. The quantitative estimate of drug-likeness (QED) is 0.0128. The molecule has 0 aromatic heterocycles. The summed E-state index contributed by atoms with van der Waals surface area (Å²) < 4.78 is 47.6. The number of hydrogen-bond donors (Lipinski definition) is 5. The number of hydrogen-bond acceptors (Lipinski definition) is 11. The van der Waals surface area contributed by atoms with Gasteiger partial charge in [0.25, 0.3) is 0 Å². The first-order valence-electron chi connectivity index (χ1n) is 21.7. The van der Waals surface area contributed by atoms with E-state index >= 15 is 0 Å². The Morgan fingerprint density at radius 1 is 0.532 bits per heavy atom. The number of unbranched alkanes of at least 4 members (excludes halogenated alkanes) is 5. The highest BCUT2D eigenvalue weighted by molar-refractivity contribution is 7.47. The van der Waals surface area contributed by atoms with E-state index in [1.807, 2.05) is 55.5 Å². The van der Waals surface area contributed by atoms with Crippen molar-refractivity contribution < 1.29 is 66.7 Å². The van der Waals surface area contributed by atoms with Crippen molar-refractivity contribution in [3.63, 3.8) is 0 Å². The zero-order valence-electron chi connectivity index (χ0n) is 36.8. The Labute approximate surface area is 370 Å². The van der Waals surface area contributed by atoms with Gasteiger partial charge >= 0.3 is 27.6 Å². The monoisotopic (exact) mass is 912 g/mol. The number of aliphatic hydroxyl groups is 2.